The quantitative estimate of drug-likeness (QED) is 0.535. The third-order valence-electron chi connectivity index (χ3n) is 4.99. The average molecular weight is 461 g/mol. The van der Waals surface area contributed by atoms with Gasteiger partial charge >= 0.3 is 6.18 Å². The highest BCUT2D eigenvalue weighted by Crippen LogP contribution is 2.35. The van der Waals surface area contributed by atoms with Crippen LogP contribution < -0.4 is 15.8 Å². The van der Waals surface area contributed by atoms with Crippen LogP contribution in [-0.2, 0) is 6.54 Å². The lowest BCUT2D eigenvalue weighted by atomic mass is 10.1. The van der Waals surface area contributed by atoms with Gasteiger partial charge in [-0.1, -0.05) is 24.3 Å². The number of carbonyl (C=O) groups excluding carboxylic acids is 1. The van der Waals surface area contributed by atoms with E-state index in [1.54, 1.807) is 30.3 Å². The van der Waals surface area contributed by atoms with Gasteiger partial charge < -0.3 is 15.8 Å². The number of aromatic nitrogens is 2. The van der Waals surface area contributed by atoms with Gasteiger partial charge in [-0.2, -0.15) is 23.5 Å². The minimum Gasteiger partial charge on any atom is -0.496 e. The Balaban J connectivity index is 1.79. The van der Waals surface area contributed by atoms with Crippen molar-refractivity contribution >= 4 is 11.7 Å². The fourth-order valence-electron chi connectivity index (χ4n) is 3.11. The first-order chi connectivity index (χ1) is 15.6. The minimum absolute atomic E-state index is 0.0196. The lowest BCUT2D eigenvalue weighted by Crippen LogP contribution is -2.25. The summed E-state index contributed by atoms with van der Waals surface area (Å²) in [6.45, 7) is 0.985. The molecule has 0 aliphatic heterocycles. The van der Waals surface area contributed by atoms with E-state index >= 15 is 0 Å². The SMILES string of the molecule is COc1ccc(F)cc1C(=O)NCc1ccc(-c2nn(C(C)C(F)(F)F)c(N)c2C#N)cc1. The fourth-order valence-corrected chi connectivity index (χ4v) is 3.11. The molecule has 11 heteroatoms. The molecule has 0 saturated heterocycles. The molecule has 3 rings (SSSR count). The van der Waals surface area contributed by atoms with Crippen molar-refractivity contribution in [3.05, 3.63) is 65.0 Å². The van der Waals surface area contributed by atoms with Crippen molar-refractivity contribution in [1.82, 2.24) is 15.1 Å². The second-order valence-electron chi connectivity index (χ2n) is 7.11. The Morgan fingerprint density at radius 3 is 2.52 bits per heavy atom. The molecule has 0 bridgehead atoms. The van der Waals surface area contributed by atoms with Crippen LogP contribution in [-0.4, -0.2) is 29.0 Å². The van der Waals surface area contributed by atoms with E-state index in [0.29, 0.717) is 15.8 Å². The van der Waals surface area contributed by atoms with Crippen molar-refractivity contribution in [3.63, 3.8) is 0 Å². The number of ether oxygens (including phenoxy) is 1. The first-order valence-corrected chi connectivity index (χ1v) is 9.62. The molecule has 1 atom stereocenters. The standard InChI is InChI=1S/C22H19F4N5O2/c1-12(22(24,25)26)31-20(28)17(10-27)19(30-31)14-5-3-13(4-6-14)11-29-21(32)16-9-15(23)7-8-18(16)33-2/h3-9,12H,11,28H2,1-2H3,(H,29,32). The number of nitrogen functional groups attached to an aromatic ring is 1. The van der Waals surface area contributed by atoms with Gasteiger partial charge in [-0.25, -0.2) is 9.07 Å². The predicted octanol–water partition coefficient (Wildman–Crippen LogP) is 4.20. The Morgan fingerprint density at radius 1 is 1.27 bits per heavy atom. The number of hydrogen-bond donors (Lipinski definition) is 2. The van der Waals surface area contributed by atoms with Crippen molar-refractivity contribution in [2.45, 2.75) is 25.7 Å². The summed E-state index contributed by atoms with van der Waals surface area (Å²) in [7, 11) is 1.36. The zero-order valence-corrected chi connectivity index (χ0v) is 17.6. The largest absolute Gasteiger partial charge is 0.496 e. The molecule has 0 fully saturated rings. The maximum atomic E-state index is 13.5. The smallest absolute Gasteiger partial charge is 0.410 e. The van der Waals surface area contributed by atoms with Crippen LogP contribution in [0, 0.1) is 17.1 Å². The number of anilines is 1. The summed E-state index contributed by atoms with van der Waals surface area (Å²) in [5.41, 5.74) is 6.67. The van der Waals surface area contributed by atoms with E-state index in [4.69, 9.17) is 10.5 Å². The van der Waals surface area contributed by atoms with Crippen molar-refractivity contribution in [3.8, 4) is 23.1 Å². The number of nitrogens with zero attached hydrogens (tertiary/aromatic N) is 3. The van der Waals surface area contributed by atoms with Crippen LogP contribution >= 0.6 is 0 Å². The van der Waals surface area contributed by atoms with Gasteiger partial charge in [0, 0.05) is 12.1 Å². The number of carbonyl (C=O) groups is 1. The number of alkyl halides is 3. The molecule has 33 heavy (non-hydrogen) atoms. The second-order valence-corrected chi connectivity index (χ2v) is 7.11. The van der Waals surface area contributed by atoms with Crippen LogP contribution in [0.5, 0.6) is 5.75 Å². The van der Waals surface area contributed by atoms with Gasteiger partial charge in [0.15, 0.2) is 0 Å². The van der Waals surface area contributed by atoms with Gasteiger partial charge in [-0.05, 0) is 30.7 Å². The number of benzene rings is 2. The van der Waals surface area contributed by atoms with E-state index in [0.717, 1.165) is 13.0 Å². The number of amides is 1. The summed E-state index contributed by atoms with van der Waals surface area (Å²) in [6, 6.07) is 9.70. The summed E-state index contributed by atoms with van der Waals surface area (Å²) < 4.78 is 58.4. The second kappa shape index (κ2) is 9.20. The van der Waals surface area contributed by atoms with Gasteiger partial charge in [0.25, 0.3) is 5.91 Å². The maximum absolute atomic E-state index is 13.5. The highest BCUT2D eigenvalue weighted by Gasteiger charge is 2.40. The molecule has 1 aromatic heterocycles. The van der Waals surface area contributed by atoms with Gasteiger partial charge in [-0.15, -0.1) is 0 Å². The molecular weight excluding hydrogens is 442 g/mol. The Kier molecular flexibility index (Phi) is 6.57. The van der Waals surface area contributed by atoms with Crippen LogP contribution in [0.15, 0.2) is 42.5 Å². The predicted molar refractivity (Wildman–Crippen MR) is 112 cm³/mol. The van der Waals surface area contributed by atoms with Crippen molar-refractivity contribution in [2.75, 3.05) is 12.8 Å². The van der Waals surface area contributed by atoms with E-state index in [1.165, 1.54) is 19.2 Å². The Hall–Kier alpha value is -4.07. The number of methoxy groups -OCH3 is 1. The Bertz CT molecular complexity index is 1210. The molecule has 0 aliphatic carbocycles. The van der Waals surface area contributed by atoms with Crippen LogP contribution in [0.25, 0.3) is 11.3 Å². The summed E-state index contributed by atoms with van der Waals surface area (Å²) in [5, 5.41) is 15.9. The van der Waals surface area contributed by atoms with Crippen LogP contribution in [0.1, 0.15) is 34.5 Å². The summed E-state index contributed by atoms with van der Waals surface area (Å²) in [4.78, 5) is 12.4. The summed E-state index contributed by atoms with van der Waals surface area (Å²) in [5.74, 6) is -1.29. The summed E-state index contributed by atoms with van der Waals surface area (Å²) in [6.07, 6.45) is -4.59. The zero-order valence-electron chi connectivity index (χ0n) is 17.6. The lowest BCUT2D eigenvalue weighted by molar-refractivity contribution is -0.164. The van der Waals surface area contributed by atoms with Gasteiger partial charge in [0.2, 0.25) is 0 Å². The van der Waals surface area contributed by atoms with Crippen LogP contribution in [0.3, 0.4) is 0 Å². The molecule has 7 nitrogen and oxygen atoms in total. The topological polar surface area (TPSA) is 106 Å². The Morgan fingerprint density at radius 2 is 1.94 bits per heavy atom. The molecule has 2 aromatic carbocycles. The third kappa shape index (κ3) is 4.90. The molecule has 1 heterocycles. The maximum Gasteiger partial charge on any atom is 0.410 e. The molecule has 172 valence electrons. The van der Waals surface area contributed by atoms with Gasteiger partial charge in [0.05, 0.1) is 12.7 Å². The number of hydrogen-bond acceptors (Lipinski definition) is 5. The van der Waals surface area contributed by atoms with E-state index in [1.807, 2.05) is 0 Å². The molecular formula is C22H19F4N5O2. The molecule has 0 radical (unpaired) electrons. The number of nitrogens with one attached hydrogen (secondary N) is 1. The zero-order chi connectivity index (χ0) is 24.3. The lowest BCUT2D eigenvalue weighted by Gasteiger charge is -2.17. The first-order valence-electron chi connectivity index (χ1n) is 9.62. The number of rotatable bonds is 6. The minimum atomic E-state index is -4.59. The van der Waals surface area contributed by atoms with Gasteiger partial charge in [-0.3, -0.25) is 4.79 Å². The third-order valence-corrected chi connectivity index (χ3v) is 4.99. The van der Waals surface area contributed by atoms with Gasteiger partial charge in [0.1, 0.15) is 40.8 Å². The van der Waals surface area contributed by atoms with Crippen molar-refractivity contribution < 1.29 is 27.1 Å². The van der Waals surface area contributed by atoms with Crippen molar-refractivity contribution in [2.24, 2.45) is 0 Å². The number of halogens is 4. The molecule has 1 unspecified atom stereocenters. The molecule has 0 saturated carbocycles. The molecule has 3 aromatic rings. The van der Waals surface area contributed by atoms with E-state index in [2.05, 4.69) is 10.4 Å². The first kappa shape index (κ1) is 23.6. The molecule has 3 N–H and O–H groups in total. The van der Waals surface area contributed by atoms with Crippen molar-refractivity contribution in [1.29, 1.82) is 5.26 Å². The average Bonchev–Trinajstić information content (AvgIpc) is 3.12. The molecule has 0 spiro atoms. The highest BCUT2D eigenvalue weighted by atomic mass is 19.4. The highest BCUT2D eigenvalue weighted by molar-refractivity contribution is 5.96. The monoisotopic (exact) mass is 461 g/mol. The summed E-state index contributed by atoms with van der Waals surface area (Å²) >= 11 is 0. The van der Waals surface area contributed by atoms with Crippen LogP contribution in [0.2, 0.25) is 0 Å². The van der Waals surface area contributed by atoms with E-state index in [9.17, 15) is 27.6 Å². The molecule has 0 aliphatic rings. The number of nitrogens with two attached hydrogens (primary N) is 1. The Labute approximate surface area is 186 Å². The number of nitriles is 1. The van der Waals surface area contributed by atoms with E-state index in [-0.39, 0.29) is 34.9 Å². The molecule has 1 amide bonds. The normalized spacial score (nSPS) is 12.2. The fraction of sp³-hybridized carbons (Fsp3) is 0.227. The van der Waals surface area contributed by atoms with E-state index < -0.39 is 23.9 Å². The van der Waals surface area contributed by atoms with Crippen LogP contribution in [0.4, 0.5) is 23.4 Å².